The van der Waals surface area contributed by atoms with Crippen molar-refractivity contribution in [2.24, 2.45) is 5.14 Å². The maximum atomic E-state index is 11.4. The van der Waals surface area contributed by atoms with Gasteiger partial charge in [-0.25, -0.2) is 13.6 Å². The minimum Gasteiger partial charge on any atom is -0.225 e. The average molecular weight is 232 g/mol. The molecule has 16 heavy (non-hydrogen) atoms. The van der Waals surface area contributed by atoms with Crippen LogP contribution in [0.4, 0.5) is 0 Å². The second-order valence-electron chi connectivity index (χ2n) is 3.33. The van der Waals surface area contributed by atoms with Crippen molar-refractivity contribution >= 4 is 10.0 Å². The molecule has 81 valence electrons. The van der Waals surface area contributed by atoms with Crippen molar-refractivity contribution in [2.45, 2.75) is 4.90 Å². The van der Waals surface area contributed by atoms with Crippen molar-refractivity contribution in [3.63, 3.8) is 0 Å². The Labute approximate surface area is 94.6 Å². The Morgan fingerprint density at radius 2 is 1.75 bits per heavy atom. The Balaban J connectivity index is 2.68. The summed E-state index contributed by atoms with van der Waals surface area (Å²) >= 11 is 0. The molecule has 4 heteroatoms. The highest BCUT2D eigenvalue weighted by molar-refractivity contribution is 7.89. The minimum atomic E-state index is -3.71. The molecule has 2 N–H and O–H groups in total. The van der Waals surface area contributed by atoms with Crippen LogP contribution >= 0.6 is 0 Å². The molecule has 0 bridgehead atoms. The molecule has 2 rings (SSSR count). The lowest BCUT2D eigenvalue weighted by Gasteiger charge is -2.06. The van der Waals surface area contributed by atoms with Crippen LogP contribution in [-0.4, -0.2) is 8.42 Å². The zero-order valence-electron chi connectivity index (χ0n) is 8.42. The van der Waals surface area contributed by atoms with Gasteiger partial charge in [-0.3, -0.25) is 0 Å². The van der Waals surface area contributed by atoms with Crippen LogP contribution in [0, 0.1) is 6.07 Å². The van der Waals surface area contributed by atoms with Gasteiger partial charge in [0.2, 0.25) is 10.0 Å². The second-order valence-corrected chi connectivity index (χ2v) is 4.86. The Kier molecular flexibility index (Phi) is 2.77. The fourth-order valence-electron chi connectivity index (χ4n) is 1.51. The summed E-state index contributed by atoms with van der Waals surface area (Å²) in [7, 11) is -3.71. The van der Waals surface area contributed by atoms with Gasteiger partial charge in [-0.2, -0.15) is 0 Å². The monoisotopic (exact) mass is 232 g/mol. The normalized spacial score (nSPS) is 11.3. The van der Waals surface area contributed by atoms with Gasteiger partial charge in [0, 0.05) is 5.56 Å². The molecule has 0 saturated carbocycles. The number of hydrogen-bond donors (Lipinski definition) is 1. The van der Waals surface area contributed by atoms with Gasteiger partial charge in [-0.05, 0) is 17.7 Å². The molecule has 3 nitrogen and oxygen atoms in total. The van der Waals surface area contributed by atoms with Crippen LogP contribution in [-0.2, 0) is 10.0 Å². The molecule has 1 radical (unpaired) electrons. The zero-order valence-corrected chi connectivity index (χ0v) is 9.24. The first kappa shape index (κ1) is 10.9. The van der Waals surface area contributed by atoms with E-state index in [1.54, 1.807) is 12.1 Å². The van der Waals surface area contributed by atoms with Crippen molar-refractivity contribution in [2.75, 3.05) is 0 Å². The van der Waals surface area contributed by atoms with Gasteiger partial charge >= 0.3 is 0 Å². The van der Waals surface area contributed by atoms with Gasteiger partial charge in [0.1, 0.15) is 0 Å². The van der Waals surface area contributed by atoms with E-state index in [1.807, 2.05) is 30.3 Å². The molecule has 0 amide bonds. The van der Waals surface area contributed by atoms with Crippen LogP contribution in [0.1, 0.15) is 0 Å². The molecule has 0 unspecified atom stereocenters. The standard InChI is InChI=1S/C12H10NO2S/c13-16(14,15)12-9-5-4-8-11(12)10-6-2-1-3-7-10/h1-4,6-9H,(H2,13,14,15). The summed E-state index contributed by atoms with van der Waals surface area (Å²) in [4.78, 5) is 0.0983. The van der Waals surface area contributed by atoms with Crippen LogP contribution < -0.4 is 5.14 Å². The number of hydrogen-bond acceptors (Lipinski definition) is 2. The summed E-state index contributed by atoms with van der Waals surface area (Å²) in [6.07, 6.45) is 0. The second kappa shape index (κ2) is 4.08. The van der Waals surface area contributed by atoms with E-state index < -0.39 is 10.0 Å². The predicted molar refractivity (Wildman–Crippen MR) is 62.1 cm³/mol. The van der Waals surface area contributed by atoms with E-state index in [1.165, 1.54) is 6.07 Å². The molecule has 0 fully saturated rings. The van der Waals surface area contributed by atoms with Gasteiger partial charge in [-0.1, -0.05) is 42.5 Å². The first-order valence-corrected chi connectivity index (χ1v) is 6.22. The number of sulfonamides is 1. The van der Waals surface area contributed by atoms with Gasteiger partial charge in [0.15, 0.2) is 0 Å². The lowest BCUT2D eigenvalue weighted by molar-refractivity contribution is 0.598. The Bertz CT molecular complexity index is 591. The summed E-state index contributed by atoms with van der Waals surface area (Å²) in [5, 5.41) is 5.15. The van der Waals surface area contributed by atoms with E-state index in [4.69, 9.17) is 5.14 Å². The van der Waals surface area contributed by atoms with Crippen molar-refractivity contribution in [3.8, 4) is 11.1 Å². The SMILES string of the molecule is NS(=O)(=O)c1c[c]ccc1-c1ccccc1. The van der Waals surface area contributed by atoms with E-state index in [2.05, 4.69) is 6.07 Å². The topological polar surface area (TPSA) is 60.2 Å². The van der Waals surface area contributed by atoms with Crippen LogP contribution in [0.3, 0.4) is 0 Å². The molecular formula is C12H10NO2S. The van der Waals surface area contributed by atoms with Gasteiger partial charge in [-0.15, -0.1) is 0 Å². The molecule has 2 aromatic carbocycles. The summed E-state index contributed by atoms with van der Waals surface area (Å²) in [5.74, 6) is 0. The average Bonchev–Trinajstić information content (AvgIpc) is 2.29. The van der Waals surface area contributed by atoms with E-state index in [-0.39, 0.29) is 4.90 Å². The smallest absolute Gasteiger partial charge is 0.225 e. The number of primary sulfonamides is 1. The highest BCUT2D eigenvalue weighted by Crippen LogP contribution is 2.25. The molecule has 0 aliphatic carbocycles. The highest BCUT2D eigenvalue weighted by Gasteiger charge is 2.13. The molecule has 0 aromatic heterocycles. The minimum absolute atomic E-state index is 0.0983. The summed E-state index contributed by atoms with van der Waals surface area (Å²) in [5.41, 5.74) is 1.42. The van der Waals surface area contributed by atoms with Gasteiger partial charge < -0.3 is 0 Å². The third-order valence-corrected chi connectivity index (χ3v) is 3.17. The molecule has 0 heterocycles. The zero-order chi connectivity index (χ0) is 11.6. The van der Waals surface area contributed by atoms with Gasteiger partial charge in [0.05, 0.1) is 4.90 Å². The molecule has 2 aromatic rings. The predicted octanol–water partition coefficient (Wildman–Crippen LogP) is 1.80. The Morgan fingerprint density at radius 1 is 1.06 bits per heavy atom. The van der Waals surface area contributed by atoms with E-state index in [0.29, 0.717) is 5.56 Å². The third kappa shape index (κ3) is 2.13. The van der Waals surface area contributed by atoms with E-state index in [9.17, 15) is 8.42 Å². The molecule has 0 aliphatic heterocycles. The van der Waals surface area contributed by atoms with Crippen molar-refractivity contribution in [1.29, 1.82) is 0 Å². The third-order valence-electron chi connectivity index (χ3n) is 2.22. The fraction of sp³-hybridized carbons (Fsp3) is 0. The quantitative estimate of drug-likeness (QED) is 0.858. The van der Waals surface area contributed by atoms with Crippen molar-refractivity contribution < 1.29 is 8.42 Å². The van der Waals surface area contributed by atoms with Crippen LogP contribution in [0.25, 0.3) is 11.1 Å². The van der Waals surface area contributed by atoms with E-state index >= 15 is 0 Å². The molecule has 0 aliphatic rings. The summed E-state index contributed by atoms with van der Waals surface area (Å²) in [6, 6.07) is 16.7. The van der Waals surface area contributed by atoms with Crippen LogP contribution in [0.5, 0.6) is 0 Å². The Morgan fingerprint density at radius 3 is 2.38 bits per heavy atom. The number of rotatable bonds is 2. The van der Waals surface area contributed by atoms with E-state index in [0.717, 1.165) is 5.56 Å². The number of nitrogens with two attached hydrogens (primary N) is 1. The molecule has 0 atom stereocenters. The fourth-order valence-corrected chi connectivity index (χ4v) is 2.23. The van der Waals surface area contributed by atoms with Crippen molar-refractivity contribution in [3.05, 3.63) is 54.6 Å². The Hall–Kier alpha value is -1.65. The van der Waals surface area contributed by atoms with Gasteiger partial charge in [0.25, 0.3) is 0 Å². The highest BCUT2D eigenvalue weighted by atomic mass is 32.2. The molecule has 0 saturated heterocycles. The largest absolute Gasteiger partial charge is 0.238 e. The molecule has 0 spiro atoms. The first-order valence-electron chi connectivity index (χ1n) is 4.67. The lowest BCUT2D eigenvalue weighted by atomic mass is 10.1. The first-order chi connectivity index (χ1) is 7.59. The van der Waals surface area contributed by atoms with Crippen LogP contribution in [0.15, 0.2) is 53.4 Å². The number of benzene rings is 2. The van der Waals surface area contributed by atoms with Crippen molar-refractivity contribution in [1.82, 2.24) is 0 Å². The lowest BCUT2D eigenvalue weighted by Crippen LogP contribution is -2.13. The maximum Gasteiger partial charge on any atom is 0.238 e. The maximum absolute atomic E-state index is 11.4. The molecular weight excluding hydrogens is 222 g/mol. The van der Waals surface area contributed by atoms with Crippen LogP contribution in [0.2, 0.25) is 0 Å². The summed E-state index contributed by atoms with van der Waals surface area (Å²) in [6.45, 7) is 0. The summed E-state index contributed by atoms with van der Waals surface area (Å²) < 4.78 is 22.8.